The number of carboxylic acids is 1. The van der Waals surface area contributed by atoms with Crippen LogP contribution in [0.2, 0.25) is 0 Å². The standard InChI is InChI=1S/C11H19NO3/c1-8(10(14)15)7-9(13)12-6-5-11(2,3)4/h7H,5-6H2,1-4H3,(H,12,13)(H,14,15)/b8-7-. The van der Waals surface area contributed by atoms with Gasteiger partial charge in [0.25, 0.3) is 0 Å². The molecule has 0 radical (unpaired) electrons. The van der Waals surface area contributed by atoms with Crippen molar-refractivity contribution in [2.75, 3.05) is 6.54 Å². The summed E-state index contributed by atoms with van der Waals surface area (Å²) in [5.74, 6) is -1.42. The molecule has 86 valence electrons. The zero-order chi connectivity index (χ0) is 12.1. The summed E-state index contributed by atoms with van der Waals surface area (Å²) in [5.41, 5.74) is 0.210. The smallest absolute Gasteiger partial charge is 0.331 e. The summed E-state index contributed by atoms with van der Waals surface area (Å²) >= 11 is 0. The fourth-order valence-corrected chi connectivity index (χ4v) is 0.870. The predicted molar refractivity (Wildman–Crippen MR) is 58.5 cm³/mol. The Morgan fingerprint density at radius 1 is 1.33 bits per heavy atom. The number of aliphatic carboxylic acids is 1. The highest BCUT2D eigenvalue weighted by atomic mass is 16.4. The van der Waals surface area contributed by atoms with Crippen LogP contribution in [0.5, 0.6) is 0 Å². The van der Waals surface area contributed by atoms with Gasteiger partial charge < -0.3 is 10.4 Å². The molecule has 0 rings (SSSR count). The summed E-state index contributed by atoms with van der Waals surface area (Å²) in [6.45, 7) is 8.20. The quantitative estimate of drug-likeness (QED) is 0.696. The van der Waals surface area contributed by atoms with Crippen LogP contribution >= 0.6 is 0 Å². The highest BCUT2D eigenvalue weighted by Gasteiger charge is 2.10. The minimum absolute atomic E-state index is 0.0447. The van der Waals surface area contributed by atoms with E-state index in [-0.39, 0.29) is 16.9 Å². The normalized spacial score (nSPS) is 12.4. The van der Waals surface area contributed by atoms with Crippen molar-refractivity contribution in [3.05, 3.63) is 11.6 Å². The second kappa shape index (κ2) is 5.53. The molecule has 1 amide bonds. The first-order valence-electron chi connectivity index (χ1n) is 4.92. The van der Waals surface area contributed by atoms with Gasteiger partial charge in [-0.05, 0) is 18.8 Å². The minimum atomic E-state index is -1.07. The second-order valence-electron chi connectivity index (χ2n) is 4.73. The molecule has 0 saturated heterocycles. The van der Waals surface area contributed by atoms with Crippen molar-refractivity contribution in [3.8, 4) is 0 Å². The molecule has 4 heteroatoms. The monoisotopic (exact) mass is 213 g/mol. The topological polar surface area (TPSA) is 66.4 Å². The molecule has 0 spiro atoms. The van der Waals surface area contributed by atoms with Crippen molar-refractivity contribution in [1.82, 2.24) is 5.32 Å². The fraction of sp³-hybridized carbons (Fsp3) is 0.636. The Morgan fingerprint density at radius 3 is 2.27 bits per heavy atom. The van der Waals surface area contributed by atoms with Gasteiger partial charge in [-0.15, -0.1) is 0 Å². The van der Waals surface area contributed by atoms with Crippen molar-refractivity contribution in [2.45, 2.75) is 34.1 Å². The summed E-state index contributed by atoms with van der Waals surface area (Å²) in [7, 11) is 0. The lowest BCUT2D eigenvalue weighted by Crippen LogP contribution is -2.26. The number of carbonyl (C=O) groups is 2. The molecule has 15 heavy (non-hydrogen) atoms. The number of amides is 1. The largest absolute Gasteiger partial charge is 0.478 e. The Bertz CT molecular complexity index is 274. The Morgan fingerprint density at radius 2 is 1.87 bits per heavy atom. The first kappa shape index (κ1) is 13.7. The molecule has 0 atom stereocenters. The molecule has 0 heterocycles. The Labute approximate surface area is 90.4 Å². The molecular formula is C11H19NO3. The maximum atomic E-state index is 11.2. The number of carboxylic acid groups (broad SMARTS) is 1. The Kier molecular flexibility index (Phi) is 5.05. The molecule has 0 aromatic rings. The van der Waals surface area contributed by atoms with Crippen LogP contribution in [-0.2, 0) is 9.59 Å². The van der Waals surface area contributed by atoms with Crippen molar-refractivity contribution >= 4 is 11.9 Å². The summed E-state index contributed by atoms with van der Waals surface area (Å²) in [5, 5.41) is 11.2. The van der Waals surface area contributed by atoms with Gasteiger partial charge in [0.05, 0.1) is 0 Å². The molecule has 4 nitrogen and oxygen atoms in total. The summed E-state index contributed by atoms with van der Waals surface area (Å²) in [6.07, 6.45) is 1.96. The van der Waals surface area contributed by atoms with E-state index in [2.05, 4.69) is 26.1 Å². The number of nitrogens with one attached hydrogen (secondary N) is 1. The predicted octanol–water partition coefficient (Wildman–Crippen LogP) is 1.57. The van der Waals surface area contributed by atoms with E-state index < -0.39 is 5.97 Å². The van der Waals surface area contributed by atoms with Crippen LogP contribution in [0.25, 0.3) is 0 Å². The summed E-state index contributed by atoms with van der Waals surface area (Å²) in [6, 6.07) is 0. The third-order valence-electron chi connectivity index (χ3n) is 1.86. The molecule has 0 saturated carbocycles. The van der Waals surface area contributed by atoms with Crippen LogP contribution < -0.4 is 5.32 Å². The van der Waals surface area contributed by atoms with Gasteiger partial charge >= 0.3 is 5.97 Å². The average molecular weight is 213 g/mol. The lowest BCUT2D eigenvalue weighted by Gasteiger charge is -2.17. The van der Waals surface area contributed by atoms with Gasteiger partial charge in [0, 0.05) is 18.2 Å². The SMILES string of the molecule is C/C(=C/C(=O)NCCC(C)(C)C)C(=O)O. The van der Waals surface area contributed by atoms with E-state index >= 15 is 0 Å². The Balaban J connectivity index is 3.97. The highest BCUT2D eigenvalue weighted by Crippen LogP contribution is 2.16. The molecule has 0 bridgehead atoms. The van der Waals surface area contributed by atoms with Gasteiger partial charge in [-0.3, -0.25) is 4.79 Å². The van der Waals surface area contributed by atoms with Crippen LogP contribution in [0, 0.1) is 5.41 Å². The van der Waals surface area contributed by atoms with Gasteiger partial charge in [0.15, 0.2) is 0 Å². The van der Waals surface area contributed by atoms with Gasteiger partial charge in [0.1, 0.15) is 0 Å². The molecule has 0 aromatic carbocycles. The maximum Gasteiger partial charge on any atom is 0.331 e. The van der Waals surface area contributed by atoms with E-state index in [0.29, 0.717) is 6.54 Å². The van der Waals surface area contributed by atoms with Crippen LogP contribution in [0.15, 0.2) is 11.6 Å². The summed E-state index contributed by atoms with van der Waals surface area (Å²) in [4.78, 5) is 21.6. The molecular weight excluding hydrogens is 194 g/mol. The third kappa shape index (κ3) is 7.73. The lowest BCUT2D eigenvalue weighted by atomic mass is 9.92. The van der Waals surface area contributed by atoms with E-state index in [4.69, 9.17) is 5.11 Å². The van der Waals surface area contributed by atoms with Gasteiger partial charge in [0.2, 0.25) is 5.91 Å². The van der Waals surface area contributed by atoms with Gasteiger partial charge in [-0.1, -0.05) is 20.8 Å². The molecule has 0 aliphatic heterocycles. The molecule has 2 N–H and O–H groups in total. The zero-order valence-corrected chi connectivity index (χ0v) is 9.76. The van der Waals surface area contributed by atoms with Crippen molar-refractivity contribution in [1.29, 1.82) is 0 Å². The van der Waals surface area contributed by atoms with Crippen molar-refractivity contribution < 1.29 is 14.7 Å². The first-order chi connectivity index (χ1) is 6.72. The zero-order valence-electron chi connectivity index (χ0n) is 9.76. The molecule has 0 fully saturated rings. The van der Waals surface area contributed by atoms with E-state index in [1.807, 2.05) is 0 Å². The van der Waals surface area contributed by atoms with Crippen LogP contribution in [0.4, 0.5) is 0 Å². The lowest BCUT2D eigenvalue weighted by molar-refractivity contribution is -0.133. The van der Waals surface area contributed by atoms with Crippen LogP contribution in [-0.4, -0.2) is 23.5 Å². The van der Waals surface area contributed by atoms with E-state index in [1.165, 1.54) is 6.92 Å². The average Bonchev–Trinajstić information content (AvgIpc) is 2.01. The number of rotatable bonds is 4. The summed E-state index contributed by atoms with van der Waals surface area (Å²) < 4.78 is 0. The third-order valence-corrected chi connectivity index (χ3v) is 1.86. The van der Waals surface area contributed by atoms with Crippen molar-refractivity contribution in [3.63, 3.8) is 0 Å². The molecule has 0 unspecified atom stereocenters. The van der Waals surface area contributed by atoms with Crippen LogP contribution in [0.1, 0.15) is 34.1 Å². The van der Waals surface area contributed by atoms with E-state index in [9.17, 15) is 9.59 Å². The van der Waals surface area contributed by atoms with Crippen molar-refractivity contribution in [2.24, 2.45) is 5.41 Å². The second-order valence-corrected chi connectivity index (χ2v) is 4.73. The number of hydrogen-bond acceptors (Lipinski definition) is 2. The van der Waals surface area contributed by atoms with Crippen LogP contribution in [0.3, 0.4) is 0 Å². The molecule has 0 aliphatic rings. The Hall–Kier alpha value is -1.32. The first-order valence-corrected chi connectivity index (χ1v) is 4.92. The van der Waals surface area contributed by atoms with E-state index in [0.717, 1.165) is 12.5 Å². The number of carbonyl (C=O) groups excluding carboxylic acids is 1. The maximum absolute atomic E-state index is 11.2. The minimum Gasteiger partial charge on any atom is -0.478 e. The van der Waals surface area contributed by atoms with E-state index in [1.54, 1.807) is 0 Å². The van der Waals surface area contributed by atoms with Gasteiger partial charge in [-0.25, -0.2) is 4.79 Å². The molecule has 0 aromatic heterocycles. The molecule has 0 aliphatic carbocycles. The van der Waals surface area contributed by atoms with Gasteiger partial charge in [-0.2, -0.15) is 0 Å². The highest BCUT2D eigenvalue weighted by molar-refractivity contribution is 5.97. The fourth-order valence-electron chi connectivity index (χ4n) is 0.870. The number of hydrogen-bond donors (Lipinski definition) is 2.